The molecule has 2 aliphatic carbocycles. The van der Waals surface area contributed by atoms with Crippen LogP contribution >= 0.6 is 0 Å². The summed E-state index contributed by atoms with van der Waals surface area (Å²) >= 11 is 0. The average Bonchev–Trinajstić information content (AvgIpc) is 3.91. The highest BCUT2D eigenvalue weighted by Crippen LogP contribution is 2.54. The summed E-state index contributed by atoms with van der Waals surface area (Å²) in [5.74, 6) is 4.22. The van der Waals surface area contributed by atoms with E-state index in [1.54, 1.807) is 0 Å². The van der Waals surface area contributed by atoms with Gasteiger partial charge in [0.1, 0.15) is 0 Å². The molecule has 4 atom stereocenters. The van der Waals surface area contributed by atoms with Gasteiger partial charge in [-0.25, -0.2) is 15.0 Å². The molecule has 3 aromatic heterocycles. The van der Waals surface area contributed by atoms with Crippen LogP contribution in [0.4, 0.5) is 0 Å². The molecule has 2 saturated carbocycles. The first kappa shape index (κ1) is 41.1. The van der Waals surface area contributed by atoms with Crippen molar-refractivity contribution in [3.8, 4) is 62.7 Å². The number of fused-ring (bicyclic) bond motifs is 8. The van der Waals surface area contributed by atoms with Gasteiger partial charge >= 0.3 is 0 Å². The first-order chi connectivity index (χ1) is 33.9. The topological polar surface area (TPSA) is 72.3 Å². The van der Waals surface area contributed by atoms with Gasteiger partial charge in [-0.2, -0.15) is 5.26 Å². The Morgan fingerprint density at radius 1 is 0.464 bits per heavy atom. The summed E-state index contributed by atoms with van der Waals surface area (Å²) in [5, 5.41) is 14.2. The number of nitriles is 1. The fourth-order valence-corrected chi connectivity index (χ4v) is 12.8. The SMILES string of the molecule is C[C@@H]1CC2C[C@H](C)CC(c3ccc(-c4cccc(-n5c6ccccc6c6c(-c7nc(-c8ccccc8)nc(-c8ccc9c%10cc(C#N)ccc%10n(-c%10ccccc%10)c9c8)n7)cccc65)c4)cc3)(C2)C1. The van der Waals surface area contributed by atoms with E-state index in [2.05, 4.69) is 175 Å². The number of hydrogen-bond donors (Lipinski definition) is 0. The predicted molar refractivity (Wildman–Crippen MR) is 282 cm³/mol. The van der Waals surface area contributed by atoms with Crippen LogP contribution in [0, 0.1) is 29.1 Å². The zero-order valence-electron chi connectivity index (χ0n) is 38.8. The third-order valence-corrected chi connectivity index (χ3v) is 15.3. The second-order valence-electron chi connectivity index (χ2n) is 20.0. The predicted octanol–water partition coefficient (Wildman–Crippen LogP) is 15.7. The van der Waals surface area contributed by atoms with Crippen LogP contribution in [0.25, 0.3) is 100 Å². The second kappa shape index (κ2) is 16.3. The molecule has 0 amide bonds. The lowest BCUT2D eigenvalue weighted by Crippen LogP contribution is -2.42. The number of para-hydroxylation sites is 2. The Kier molecular flexibility index (Phi) is 9.69. The molecule has 6 nitrogen and oxygen atoms in total. The van der Waals surface area contributed by atoms with E-state index in [0.29, 0.717) is 28.5 Å². The Bertz CT molecular complexity index is 3800. The van der Waals surface area contributed by atoms with Crippen molar-refractivity contribution in [3.05, 3.63) is 199 Å². The number of aromatic nitrogens is 5. The number of hydrogen-bond acceptors (Lipinski definition) is 4. The van der Waals surface area contributed by atoms with E-state index in [1.165, 1.54) is 48.8 Å². The summed E-state index contributed by atoms with van der Waals surface area (Å²) in [4.78, 5) is 15.8. The Hall–Kier alpha value is -8.14. The smallest absolute Gasteiger partial charge is 0.164 e. The zero-order chi connectivity index (χ0) is 46.2. The molecule has 0 N–H and O–H groups in total. The molecule has 2 aliphatic rings. The normalized spacial score (nSPS) is 19.1. The highest BCUT2D eigenvalue weighted by Gasteiger charge is 2.45. The van der Waals surface area contributed by atoms with E-state index in [4.69, 9.17) is 15.0 Å². The third-order valence-electron chi connectivity index (χ3n) is 15.3. The Morgan fingerprint density at radius 2 is 1.09 bits per heavy atom. The quantitative estimate of drug-likeness (QED) is 0.160. The van der Waals surface area contributed by atoms with Gasteiger partial charge in [0.05, 0.1) is 33.7 Å². The molecule has 0 spiro atoms. The number of benzene rings is 8. The number of rotatable bonds is 7. The Morgan fingerprint density at radius 3 is 1.87 bits per heavy atom. The van der Waals surface area contributed by atoms with E-state index in [-0.39, 0.29) is 0 Å². The van der Waals surface area contributed by atoms with Crippen molar-refractivity contribution in [3.63, 3.8) is 0 Å². The largest absolute Gasteiger partial charge is 0.309 e. The fraction of sp³-hybridized carbons (Fsp3) is 0.175. The van der Waals surface area contributed by atoms with Crippen LogP contribution in [-0.4, -0.2) is 24.1 Å². The lowest BCUT2D eigenvalue weighted by atomic mass is 9.54. The van der Waals surface area contributed by atoms with E-state index in [9.17, 15) is 5.26 Å². The van der Waals surface area contributed by atoms with E-state index in [0.717, 1.165) is 89.4 Å². The summed E-state index contributed by atoms with van der Waals surface area (Å²) in [6.07, 6.45) is 6.73. The summed E-state index contributed by atoms with van der Waals surface area (Å²) in [6, 6.07) is 69.0. The standard InChI is InChI=1S/C63H50N6/c1-40-31-43-32-41(2)37-63(36-40,38-43)48-27-24-44(25-28-48)46-15-11-18-50(34-46)69-55-21-10-9-19-52(55)59-53(20-12-22-57(59)69)62-66-60(45-13-5-3-6-14-45)65-61(67-62)47-26-29-51-54-33-42(39-64)23-30-56(54)68(58(51)35-47)49-16-7-4-8-17-49/h3-30,33-35,40-41,43H,31-32,36-38H2,1-2H3/t40-,41+,43?,63?. The zero-order valence-corrected chi connectivity index (χ0v) is 38.8. The van der Waals surface area contributed by atoms with Crippen LogP contribution in [-0.2, 0) is 5.41 Å². The lowest BCUT2D eigenvalue weighted by Gasteiger charge is -2.50. The first-order valence-electron chi connectivity index (χ1n) is 24.5. The van der Waals surface area contributed by atoms with Gasteiger partial charge in [-0.15, -0.1) is 0 Å². The van der Waals surface area contributed by atoms with Crippen LogP contribution in [0.1, 0.15) is 57.1 Å². The van der Waals surface area contributed by atoms with Gasteiger partial charge in [0, 0.05) is 49.6 Å². The summed E-state index contributed by atoms with van der Waals surface area (Å²) in [6.45, 7) is 4.94. The molecule has 13 rings (SSSR count). The highest BCUT2D eigenvalue weighted by atomic mass is 15.0. The number of nitrogens with zero attached hydrogens (tertiary/aromatic N) is 6. The van der Waals surface area contributed by atoms with Crippen molar-refractivity contribution in [1.82, 2.24) is 24.1 Å². The Balaban J connectivity index is 0.948. The third kappa shape index (κ3) is 6.95. The average molecular weight is 891 g/mol. The minimum Gasteiger partial charge on any atom is -0.309 e. The van der Waals surface area contributed by atoms with Crippen LogP contribution < -0.4 is 0 Å². The van der Waals surface area contributed by atoms with Crippen molar-refractivity contribution in [2.75, 3.05) is 0 Å². The maximum absolute atomic E-state index is 9.86. The highest BCUT2D eigenvalue weighted by molar-refractivity contribution is 6.15. The second-order valence-corrected chi connectivity index (χ2v) is 20.0. The van der Waals surface area contributed by atoms with Crippen LogP contribution in [0.3, 0.4) is 0 Å². The Labute approximate surface area is 402 Å². The fourth-order valence-electron chi connectivity index (χ4n) is 12.8. The van der Waals surface area contributed by atoms with Gasteiger partial charge < -0.3 is 9.13 Å². The van der Waals surface area contributed by atoms with E-state index >= 15 is 0 Å². The van der Waals surface area contributed by atoms with Crippen LogP contribution in [0.15, 0.2) is 188 Å². The molecular weight excluding hydrogens is 841 g/mol. The summed E-state index contributed by atoms with van der Waals surface area (Å²) in [7, 11) is 0. The van der Waals surface area contributed by atoms with Crippen LogP contribution in [0.2, 0.25) is 0 Å². The maximum Gasteiger partial charge on any atom is 0.164 e. The van der Waals surface area contributed by atoms with E-state index < -0.39 is 0 Å². The molecule has 2 fully saturated rings. The molecule has 332 valence electrons. The minimum absolute atomic E-state index is 0.309. The van der Waals surface area contributed by atoms with Crippen molar-refractivity contribution >= 4 is 43.6 Å². The molecule has 0 aliphatic heterocycles. The van der Waals surface area contributed by atoms with Crippen molar-refractivity contribution in [1.29, 1.82) is 5.26 Å². The van der Waals surface area contributed by atoms with Crippen molar-refractivity contribution in [2.45, 2.75) is 51.4 Å². The molecule has 0 radical (unpaired) electrons. The van der Waals surface area contributed by atoms with Crippen molar-refractivity contribution < 1.29 is 0 Å². The molecule has 2 bridgehead atoms. The molecule has 69 heavy (non-hydrogen) atoms. The van der Waals surface area contributed by atoms with Gasteiger partial charge in [-0.1, -0.05) is 141 Å². The van der Waals surface area contributed by atoms with Gasteiger partial charge in [-0.05, 0) is 133 Å². The van der Waals surface area contributed by atoms with Gasteiger partial charge in [0.15, 0.2) is 17.5 Å². The minimum atomic E-state index is 0.309. The van der Waals surface area contributed by atoms with Gasteiger partial charge in [0.25, 0.3) is 0 Å². The first-order valence-corrected chi connectivity index (χ1v) is 24.5. The van der Waals surface area contributed by atoms with Crippen LogP contribution in [0.5, 0.6) is 0 Å². The molecule has 0 saturated heterocycles. The monoisotopic (exact) mass is 890 g/mol. The molecule has 11 aromatic rings. The summed E-state index contributed by atoms with van der Waals surface area (Å²) < 4.78 is 4.66. The maximum atomic E-state index is 9.86. The molecular formula is C63H50N6. The lowest BCUT2D eigenvalue weighted by molar-refractivity contribution is 0.0780. The van der Waals surface area contributed by atoms with E-state index in [1.807, 2.05) is 42.5 Å². The molecule has 6 heteroatoms. The molecule has 8 aromatic carbocycles. The summed E-state index contributed by atoms with van der Waals surface area (Å²) in [5.41, 5.74) is 14.0. The molecule has 2 unspecified atom stereocenters. The van der Waals surface area contributed by atoms with Gasteiger partial charge in [0.2, 0.25) is 0 Å². The molecule has 3 heterocycles. The van der Waals surface area contributed by atoms with Gasteiger partial charge in [-0.3, -0.25) is 0 Å². The van der Waals surface area contributed by atoms with Crippen molar-refractivity contribution in [2.24, 2.45) is 17.8 Å².